The Hall–Kier alpha value is -4.28. The molecular formula is C29H28N2O7S. The first-order chi connectivity index (χ1) is 18.9. The molecule has 1 aliphatic rings. The number of rotatable bonds is 11. The predicted octanol–water partition coefficient (Wildman–Crippen LogP) is 5.23. The van der Waals surface area contributed by atoms with Crippen LogP contribution >= 0.6 is 11.8 Å². The SMILES string of the molecule is COCCN1C(=O)/C(=C/c2ccc(OCc3ccc(C(=O)O)cc3)c(OC)c2)SC1=Nc1ccc(OC)cc1. The highest BCUT2D eigenvalue weighted by Crippen LogP contribution is 2.36. The van der Waals surface area contributed by atoms with Crippen molar-refractivity contribution in [2.45, 2.75) is 6.61 Å². The first-order valence-electron chi connectivity index (χ1n) is 12.0. The molecule has 0 bridgehead atoms. The molecule has 0 spiro atoms. The van der Waals surface area contributed by atoms with Gasteiger partial charge in [0.15, 0.2) is 16.7 Å². The molecular weight excluding hydrogens is 520 g/mol. The van der Waals surface area contributed by atoms with Gasteiger partial charge in [-0.2, -0.15) is 0 Å². The predicted molar refractivity (Wildman–Crippen MR) is 150 cm³/mol. The number of carbonyl (C=O) groups is 2. The molecule has 1 heterocycles. The first-order valence-corrected chi connectivity index (χ1v) is 12.8. The minimum Gasteiger partial charge on any atom is -0.497 e. The van der Waals surface area contributed by atoms with Crippen LogP contribution in [-0.2, 0) is 16.1 Å². The maximum atomic E-state index is 13.3. The van der Waals surface area contributed by atoms with Crippen molar-refractivity contribution in [2.24, 2.45) is 4.99 Å². The molecule has 0 saturated carbocycles. The number of nitrogens with zero attached hydrogens (tertiary/aromatic N) is 2. The number of benzene rings is 3. The maximum absolute atomic E-state index is 13.3. The Morgan fingerprint density at radius 1 is 0.974 bits per heavy atom. The number of carboxylic acids is 1. The van der Waals surface area contributed by atoms with Gasteiger partial charge in [0.25, 0.3) is 5.91 Å². The van der Waals surface area contributed by atoms with Crippen molar-refractivity contribution in [3.05, 3.63) is 88.3 Å². The van der Waals surface area contributed by atoms with Crippen molar-refractivity contribution in [2.75, 3.05) is 34.5 Å². The molecule has 3 aromatic rings. The van der Waals surface area contributed by atoms with E-state index in [-0.39, 0.29) is 18.1 Å². The number of hydrogen-bond donors (Lipinski definition) is 1. The minimum absolute atomic E-state index is 0.159. The summed E-state index contributed by atoms with van der Waals surface area (Å²) in [7, 11) is 4.74. The largest absolute Gasteiger partial charge is 0.497 e. The summed E-state index contributed by atoms with van der Waals surface area (Å²) in [6.07, 6.45) is 1.79. The third-order valence-corrected chi connectivity index (χ3v) is 6.79. The fraction of sp³-hybridized carbons (Fsp3) is 0.207. The summed E-state index contributed by atoms with van der Waals surface area (Å²) in [6.45, 7) is 0.989. The average Bonchev–Trinajstić information content (AvgIpc) is 3.24. The van der Waals surface area contributed by atoms with E-state index in [0.29, 0.717) is 40.4 Å². The second-order valence-electron chi connectivity index (χ2n) is 8.35. The number of amides is 1. The molecule has 1 fully saturated rings. The summed E-state index contributed by atoms with van der Waals surface area (Å²) in [6, 6.07) is 19.2. The van der Waals surface area contributed by atoms with Crippen LogP contribution in [0.25, 0.3) is 6.08 Å². The van der Waals surface area contributed by atoms with Crippen molar-refractivity contribution >= 4 is 40.6 Å². The van der Waals surface area contributed by atoms with Gasteiger partial charge in [0.1, 0.15) is 12.4 Å². The van der Waals surface area contributed by atoms with E-state index in [0.717, 1.165) is 16.9 Å². The molecule has 10 heteroatoms. The molecule has 0 unspecified atom stereocenters. The molecule has 202 valence electrons. The molecule has 0 radical (unpaired) electrons. The Balaban J connectivity index is 1.53. The number of thioether (sulfide) groups is 1. The molecule has 1 amide bonds. The quantitative estimate of drug-likeness (QED) is 0.325. The van der Waals surface area contributed by atoms with Gasteiger partial charge in [-0.1, -0.05) is 18.2 Å². The van der Waals surface area contributed by atoms with Gasteiger partial charge in [-0.3, -0.25) is 9.69 Å². The number of carboxylic acid groups (broad SMARTS) is 1. The number of amidine groups is 1. The molecule has 39 heavy (non-hydrogen) atoms. The van der Waals surface area contributed by atoms with E-state index in [1.54, 1.807) is 56.6 Å². The molecule has 0 atom stereocenters. The van der Waals surface area contributed by atoms with Gasteiger partial charge in [-0.15, -0.1) is 0 Å². The zero-order valence-electron chi connectivity index (χ0n) is 21.7. The Labute approximate surface area is 230 Å². The van der Waals surface area contributed by atoms with Gasteiger partial charge in [-0.25, -0.2) is 9.79 Å². The van der Waals surface area contributed by atoms with Crippen LogP contribution in [0.5, 0.6) is 17.2 Å². The molecule has 4 rings (SSSR count). The van der Waals surface area contributed by atoms with Gasteiger partial charge < -0.3 is 24.1 Å². The fourth-order valence-electron chi connectivity index (χ4n) is 3.69. The Bertz CT molecular complexity index is 1390. The lowest BCUT2D eigenvalue weighted by Gasteiger charge is -2.14. The maximum Gasteiger partial charge on any atom is 0.335 e. The smallest absolute Gasteiger partial charge is 0.335 e. The molecule has 1 N–H and O–H groups in total. The van der Waals surface area contributed by atoms with Crippen LogP contribution in [0.3, 0.4) is 0 Å². The number of hydrogen-bond acceptors (Lipinski definition) is 8. The summed E-state index contributed by atoms with van der Waals surface area (Å²) >= 11 is 1.29. The molecule has 0 aromatic heterocycles. The number of ether oxygens (including phenoxy) is 4. The van der Waals surface area contributed by atoms with E-state index in [2.05, 4.69) is 4.99 Å². The lowest BCUT2D eigenvalue weighted by atomic mass is 10.1. The minimum atomic E-state index is -0.978. The molecule has 1 aliphatic heterocycles. The normalized spacial score (nSPS) is 15.2. The lowest BCUT2D eigenvalue weighted by Crippen LogP contribution is -2.32. The summed E-state index contributed by atoms with van der Waals surface area (Å²) < 4.78 is 21.8. The second-order valence-corrected chi connectivity index (χ2v) is 9.36. The third-order valence-electron chi connectivity index (χ3n) is 5.78. The zero-order chi connectivity index (χ0) is 27.8. The summed E-state index contributed by atoms with van der Waals surface area (Å²) in [5.41, 5.74) is 2.50. The number of aromatic carboxylic acids is 1. The van der Waals surface area contributed by atoms with E-state index in [4.69, 9.17) is 24.1 Å². The second kappa shape index (κ2) is 13.0. The third kappa shape index (κ3) is 6.98. The van der Waals surface area contributed by atoms with E-state index < -0.39 is 5.97 Å². The fourth-order valence-corrected chi connectivity index (χ4v) is 4.71. The summed E-state index contributed by atoms with van der Waals surface area (Å²) in [5, 5.41) is 9.62. The molecule has 9 nitrogen and oxygen atoms in total. The van der Waals surface area contributed by atoms with Crippen LogP contribution < -0.4 is 14.2 Å². The van der Waals surface area contributed by atoms with Crippen LogP contribution in [-0.4, -0.2) is 61.5 Å². The monoisotopic (exact) mass is 548 g/mol. The van der Waals surface area contributed by atoms with Gasteiger partial charge in [0, 0.05) is 7.11 Å². The highest BCUT2D eigenvalue weighted by Gasteiger charge is 2.33. The van der Waals surface area contributed by atoms with Gasteiger partial charge >= 0.3 is 5.97 Å². The van der Waals surface area contributed by atoms with Crippen LogP contribution in [0.4, 0.5) is 5.69 Å². The van der Waals surface area contributed by atoms with Crippen molar-refractivity contribution in [3.8, 4) is 17.2 Å². The standard InChI is InChI=1S/C29H28N2O7S/c1-35-15-14-31-27(32)26(39-29(31)30-22-9-11-23(36-2)12-10-22)17-20-6-13-24(25(16-20)37-3)38-18-19-4-7-21(8-5-19)28(33)34/h4-13,16-17H,14-15,18H2,1-3H3,(H,33,34)/b26-17-,30-29?. The highest BCUT2D eigenvalue weighted by atomic mass is 32.2. The van der Waals surface area contributed by atoms with Crippen molar-refractivity contribution in [1.82, 2.24) is 4.90 Å². The molecule has 1 saturated heterocycles. The van der Waals surface area contributed by atoms with E-state index in [1.807, 2.05) is 30.3 Å². The average molecular weight is 549 g/mol. The van der Waals surface area contributed by atoms with E-state index in [9.17, 15) is 9.59 Å². The first kappa shape index (κ1) is 27.7. The molecule has 3 aromatic carbocycles. The summed E-state index contributed by atoms with van der Waals surface area (Å²) in [5.74, 6) is 0.617. The number of aliphatic imine (C=N–C) groups is 1. The van der Waals surface area contributed by atoms with Crippen LogP contribution in [0.15, 0.2) is 76.6 Å². The number of carbonyl (C=O) groups excluding carboxylic acids is 1. The van der Waals surface area contributed by atoms with Gasteiger partial charge in [0.2, 0.25) is 0 Å². The highest BCUT2D eigenvalue weighted by molar-refractivity contribution is 8.18. The summed E-state index contributed by atoms with van der Waals surface area (Å²) in [4.78, 5) is 31.1. The Kier molecular flexibility index (Phi) is 9.24. The van der Waals surface area contributed by atoms with Crippen LogP contribution in [0.1, 0.15) is 21.5 Å². The van der Waals surface area contributed by atoms with E-state index >= 15 is 0 Å². The Morgan fingerprint density at radius 2 is 1.72 bits per heavy atom. The number of methoxy groups -OCH3 is 3. The van der Waals surface area contributed by atoms with E-state index in [1.165, 1.54) is 23.9 Å². The topological polar surface area (TPSA) is 107 Å². The Morgan fingerprint density at radius 3 is 2.36 bits per heavy atom. The molecule has 0 aliphatic carbocycles. The van der Waals surface area contributed by atoms with Crippen molar-refractivity contribution < 1.29 is 33.6 Å². The van der Waals surface area contributed by atoms with Crippen LogP contribution in [0.2, 0.25) is 0 Å². The lowest BCUT2D eigenvalue weighted by molar-refractivity contribution is -0.122. The van der Waals surface area contributed by atoms with Crippen molar-refractivity contribution in [3.63, 3.8) is 0 Å². The van der Waals surface area contributed by atoms with Gasteiger partial charge in [0.05, 0.1) is 43.5 Å². The van der Waals surface area contributed by atoms with Crippen LogP contribution in [0, 0.1) is 0 Å². The zero-order valence-corrected chi connectivity index (χ0v) is 22.6. The van der Waals surface area contributed by atoms with Gasteiger partial charge in [-0.05, 0) is 77.5 Å². The van der Waals surface area contributed by atoms with Crippen molar-refractivity contribution in [1.29, 1.82) is 0 Å².